The van der Waals surface area contributed by atoms with Crippen molar-refractivity contribution in [2.45, 2.75) is 148 Å². The van der Waals surface area contributed by atoms with Crippen LogP contribution in [-0.4, -0.2) is 86.1 Å². The molecule has 53 heavy (non-hydrogen) atoms. The van der Waals surface area contributed by atoms with E-state index in [2.05, 4.69) is 62.5 Å². The molecule has 0 aromatic rings. The highest BCUT2D eigenvalue weighted by Gasteiger charge is 2.27. The third-order valence-corrected chi connectivity index (χ3v) is 9.06. The van der Waals surface area contributed by atoms with Crippen molar-refractivity contribution in [3.63, 3.8) is 0 Å². The van der Waals surface area contributed by atoms with Gasteiger partial charge in [0.15, 0.2) is 6.10 Å². The Balaban J connectivity index is 4.56. The molecule has 0 amide bonds. The molecule has 11 heteroatoms. The van der Waals surface area contributed by atoms with Gasteiger partial charge in [-0.05, 0) is 70.6 Å². The molecular formula is C42H75NO9P+. The van der Waals surface area contributed by atoms with Gasteiger partial charge < -0.3 is 24.0 Å². The maximum Gasteiger partial charge on any atom is 0.472 e. The summed E-state index contributed by atoms with van der Waals surface area (Å²) >= 11 is 0. The standard InChI is InChI=1S/C42H74NO9P/c1-6-8-9-10-11-12-16-20-23-26-29-33-41(45)49-37-40(38-51-53(47,48)50-36-35-43(3,4)5)52-42(46)34-30-27-24-21-18-15-13-14-17-19-22-25-28-32-39(44)31-7-2/h10-11,13,15,17,19,21,24-25,28,39-40,44H,6-9,12,14,16,18,20,22-23,26-27,29-38H2,1-5H3/p+1/b11-10-,15-13-,19-17-,24-21-,28-25-/t39?,40-/m1/s1. The molecule has 0 aliphatic heterocycles. The highest BCUT2D eigenvalue weighted by Crippen LogP contribution is 2.43. The fourth-order valence-corrected chi connectivity index (χ4v) is 5.62. The van der Waals surface area contributed by atoms with Crippen LogP contribution in [0.1, 0.15) is 136 Å². The lowest BCUT2D eigenvalue weighted by molar-refractivity contribution is -0.870. The molecule has 2 N–H and O–H groups in total. The summed E-state index contributed by atoms with van der Waals surface area (Å²) in [5.74, 6) is -0.904. The number of ether oxygens (including phenoxy) is 2. The first-order valence-electron chi connectivity index (χ1n) is 20.1. The highest BCUT2D eigenvalue weighted by molar-refractivity contribution is 7.47. The molecule has 10 nitrogen and oxygen atoms in total. The molecule has 3 atom stereocenters. The maximum absolute atomic E-state index is 12.6. The Morgan fingerprint density at radius 2 is 1.21 bits per heavy atom. The van der Waals surface area contributed by atoms with Crippen molar-refractivity contribution >= 4 is 19.8 Å². The minimum atomic E-state index is -4.40. The van der Waals surface area contributed by atoms with Crippen LogP contribution in [-0.2, 0) is 32.7 Å². The zero-order valence-corrected chi connectivity index (χ0v) is 34.7. The van der Waals surface area contributed by atoms with Gasteiger partial charge in [0.05, 0.1) is 33.9 Å². The molecule has 0 fully saturated rings. The lowest BCUT2D eigenvalue weighted by Gasteiger charge is -2.24. The SMILES string of the molecule is CCCC/C=C\CCCCCCCC(=O)OC[C@H](COP(=O)(O)OCC[N+](C)(C)C)OC(=O)CCC/C=C\C/C=C\C/C=C\C/C=C\CC(O)CCC. The van der Waals surface area contributed by atoms with E-state index in [-0.39, 0.29) is 32.2 Å². The summed E-state index contributed by atoms with van der Waals surface area (Å²) in [6, 6.07) is 0. The van der Waals surface area contributed by atoms with Crippen molar-refractivity contribution in [3.8, 4) is 0 Å². The Labute approximate surface area is 322 Å². The van der Waals surface area contributed by atoms with Crippen LogP contribution in [0, 0.1) is 0 Å². The van der Waals surface area contributed by atoms with E-state index in [0.717, 1.165) is 70.6 Å². The molecule has 0 rings (SSSR count). The molecule has 0 saturated carbocycles. The van der Waals surface area contributed by atoms with Crippen molar-refractivity contribution in [2.75, 3.05) is 47.5 Å². The van der Waals surface area contributed by atoms with Gasteiger partial charge in [-0.1, -0.05) is 113 Å². The number of unbranched alkanes of at least 4 members (excludes halogenated alkanes) is 8. The van der Waals surface area contributed by atoms with Gasteiger partial charge in [0.25, 0.3) is 0 Å². The number of carbonyl (C=O) groups is 2. The summed E-state index contributed by atoms with van der Waals surface area (Å²) in [5.41, 5.74) is 0. The average Bonchev–Trinajstić information content (AvgIpc) is 3.09. The van der Waals surface area contributed by atoms with E-state index in [4.69, 9.17) is 18.5 Å². The lowest BCUT2D eigenvalue weighted by atomic mass is 10.1. The highest BCUT2D eigenvalue weighted by atomic mass is 31.2. The summed E-state index contributed by atoms with van der Waals surface area (Å²) in [5, 5.41) is 9.73. The van der Waals surface area contributed by atoms with E-state index in [1.165, 1.54) is 12.8 Å². The van der Waals surface area contributed by atoms with Gasteiger partial charge >= 0.3 is 19.8 Å². The number of aliphatic hydroxyl groups is 1. The summed E-state index contributed by atoms with van der Waals surface area (Å²) in [4.78, 5) is 35.2. The van der Waals surface area contributed by atoms with Crippen LogP contribution >= 0.6 is 7.82 Å². The van der Waals surface area contributed by atoms with E-state index < -0.39 is 32.5 Å². The zero-order valence-electron chi connectivity index (χ0n) is 33.8. The zero-order chi connectivity index (χ0) is 39.5. The molecule has 0 bridgehead atoms. The number of quaternary nitrogens is 1. The largest absolute Gasteiger partial charge is 0.472 e. The molecule has 0 spiro atoms. The molecule has 0 aromatic carbocycles. The number of hydrogen-bond donors (Lipinski definition) is 2. The quantitative estimate of drug-likeness (QED) is 0.0213. The average molecular weight is 769 g/mol. The number of esters is 2. The number of phosphoric acid groups is 1. The van der Waals surface area contributed by atoms with Crippen LogP contribution in [0.3, 0.4) is 0 Å². The molecule has 0 aliphatic rings. The number of phosphoric ester groups is 1. The molecule has 0 heterocycles. The second-order valence-electron chi connectivity index (χ2n) is 14.5. The molecular weight excluding hydrogens is 693 g/mol. The monoisotopic (exact) mass is 769 g/mol. The summed E-state index contributed by atoms with van der Waals surface area (Å²) in [6.45, 7) is 4.06. The summed E-state index contributed by atoms with van der Waals surface area (Å²) < 4.78 is 34.1. The summed E-state index contributed by atoms with van der Waals surface area (Å²) in [7, 11) is 1.40. The van der Waals surface area contributed by atoms with Gasteiger partial charge in [-0.25, -0.2) is 4.57 Å². The topological polar surface area (TPSA) is 129 Å². The van der Waals surface area contributed by atoms with E-state index in [1.54, 1.807) is 0 Å². The van der Waals surface area contributed by atoms with Gasteiger partial charge in [-0.3, -0.25) is 18.6 Å². The van der Waals surface area contributed by atoms with Crippen molar-refractivity contribution < 1.29 is 47.2 Å². The van der Waals surface area contributed by atoms with Gasteiger partial charge in [-0.2, -0.15) is 0 Å². The second kappa shape index (κ2) is 34.2. The minimum absolute atomic E-state index is 0.0108. The minimum Gasteiger partial charge on any atom is -0.462 e. The number of likely N-dealkylation sites (N-methyl/N-ethyl adjacent to an activating group) is 1. The molecule has 306 valence electrons. The number of aliphatic hydroxyl groups excluding tert-OH is 1. The van der Waals surface area contributed by atoms with Crippen LogP contribution in [0.2, 0.25) is 0 Å². The Morgan fingerprint density at radius 3 is 1.85 bits per heavy atom. The van der Waals surface area contributed by atoms with E-state index in [9.17, 15) is 24.2 Å². The predicted octanol–water partition coefficient (Wildman–Crippen LogP) is 9.87. The first-order chi connectivity index (χ1) is 25.4. The van der Waals surface area contributed by atoms with Crippen LogP contribution in [0.4, 0.5) is 0 Å². The Kier molecular flexibility index (Phi) is 32.7. The number of rotatable bonds is 35. The third-order valence-electron chi connectivity index (χ3n) is 8.08. The van der Waals surface area contributed by atoms with Crippen LogP contribution in [0.5, 0.6) is 0 Å². The van der Waals surface area contributed by atoms with E-state index in [0.29, 0.717) is 36.7 Å². The Bertz CT molecular complexity index is 1110. The molecule has 0 saturated heterocycles. The van der Waals surface area contributed by atoms with E-state index >= 15 is 0 Å². The Morgan fingerprint density at radius 1 is 0.660 bits per heavy atom. The fraction of sp³-hybridized carbons (Fsp3) is 0.714. The first kappa shape index (κ1) is 50.7. The molecule has 0 aliphatic carbocycles. The third kappa shape index (κ3) is 37.8. The Hall–Kier alpha value is -2.33. The fourth-order valence-electron chi connectivity index (χ4n) is 4.88. The van der Waals surface area contributed by atoms with Crippen LogP contribution in [0.15, 0.2) is 60.8 Å². The van der Waals surface area contributed by atoms with Crippen LogP contribution < -0.4 is 0 Å². The molecule has 0 aromatic heterocycles. The lowest BCUT2D eigenvalue weighted by Crippen LogP contribution is -2.37. The number of carbonyl (C=O) groups excluding carboxylic acids is 2. The van der Waals surface area contributed by atoms with Crippen LogP contribution in [0.25, 0.3) is 0 Å². The molecule has 2 unspecified atom stereocenters. The van der Waals surface area contributed by atoms with Gasteiger partial charge in [0, 0.05) is 12.8 Å². The van der Waals surface area contributed by atoms with Crippen molar-refractivity contribution in [3.05, 3.63) is 60.8 Å². The smallest absolute Gasteiger partial charge is 0.462 e. The summed E-state index contributed by atoms with van der Waals surface area (Å²) in [6.07, 6.45) is 36.3. The normalized spacial score (nSPS) is 14.9. The van der Waals surface area contributed by atoms with Crippen molar-refractivity contribution in [2.24, 2.45) is 0 Å². The number of nitrogens with zero attached hydrogens (tertiary/aromatic N) is 1. The van der Waals surface area contributed by atoms with Crippen molar-refractivity contribution in [1.82, 2.24) is 0 Å². The first-order valence-corrected chi connectivity index (χ1v) is 21.6. The van der Waals surface area contributed by atoms with Gasteiger partial charge in [0.1, 0.15) is 19.8 Å². The number of hydrogen-bond acceptors (Lipinski definition) is 8. The maximum atomic E-state index is 12.6. The van der Waals surface area contributed by atoms with E-state index in [1.807, 2.05) is 33.3 Å². The molecule has 0 radical (unpaired) electrons. The predicted molar refractivity (Wildman–Crippen MR) is 216 cm³/mol. The number of allylic oxidation sites excluding steroid dienone is 9. The van der Waals surface area contributed by atoms with Gasteiger partial charge in [-0.15, -0.1) is 0 Å². The van der Waals surface area contributed by atoms with Gasteiger partial charge in [0.2, 0.25) is 0 Å². The van der Waals surface area contributed by atoms with Crippen molar-refractivity contribution in [1.29, 1.82) is 0 Å². The second-order valence-corrected chi connectivity index (χ2v) is 15.9.